The fourth-order valence-corrected chi connectivity index (χ4v) is 4.44. The Balaban J connectivity index is 1.93. The summed E-state index contributed by atoms with van der Waals surface area (Å²) in [7, 11) is 0. The monoisotopic (exact) mass is 407 g/mol. The molecule has 2 fully saturated rings. The molecule has 2 rings (SSSR count). The van der Waals surface area contributed by atoms with Crippen LogP contribution in [0.1, 0.15) is 85.5 Å². The van der Waals surface area contributed by atoms with Crippen LogP contribution in [0.3, 0.4) is 0 Å². The van der Waals surface area contributed by atoms with Gasteiger partial charge in [0.1, 0.15) is 5.60 Å². The Bertz CT molecular complexity index is 620. The van der Waals surface area contributed by atoms with Gasteiger partial charge in [-0.25, -0.2) is 4.79 Å². The van der Waals surface area contributed by atoms with Crippen LogP contribution in [0.2, 0.25) is 0 Å². The number of esters is 2. The lowest BCUT2D eigenvalue weighted by Gasteiger charge is -2.33. The second-order valence-electron chi connectivity index (χ2n) is 9.54. The average molecular weight is 408 g/mol. The minimum absolute atomic E-state index is 0.0132. The van der Waals surface area contributed by atoms with Crippen molar-refractivity contribution in [2.24, 2.45) is 11.3 Å². The molecule has 6 heteroatoms. The molecule has 0 bridgehead atoms. The van der Waals surface area contributed by atoms with Crippen LogP contribution < -0.4 is 5.32 Å². The van der Waals surface area contributed by atoms with Crippen LogP contribution in [0, 0.1) is 11.3 Å². The van der Waals surface area contributed by atoms with Crippen molar-refractivity contribution in [2.45, 2.75) is 97.1 Å². The van der Waals surface area contributed by atoms with E-state index >= 15 is 0 Å². The van der Waals surface area contributed by atoms with Gasteiger partial charge in [0.2, 0.25) is 5.91 Å². The van der Waals surface area contributed by atoms with Crippen LogP contribution in [0.15, 0.2) is 12.2 Å². The molecule has 2 saturated carbocycles. The minimum Gasteiger partial charge on any atom is -0.466 e. The van der Waals surface area contributed by atoms with E-state index in [9.17, 15) is 14.4 Å². The molecule has 1 amide bonds. The number of hydrogen-bond acceptors (Lipinski definition) is 5. The predicted octanol–water partition coefficient (Wildman–Crippen LogP) is 4.07. The lowest BCUT2D eigenvalue weighted by Crippen LogP contribution is -2.46. The van der Waals surface area contributed by atoms with Crippen LogP contribution in [0.25, 0.3) is 0 Å². The number of hydrogen-bond donors (Lipinski definition) is 1. The summed E-state index contributed by atoms with van der Waals surface area (Å²) in [4.78, 5) is 37.5. The molecule has 1 N–H and O–H groups in total. The van der Waals surface area contributed by atoms with Gasteiger partial charge in [-0.05, 0) is 72.6 Å². The molecule has 2 aliphatic carbocycles. The Morgan fingerprint density at radius 3 is 2.17 bits per heavy atom. The van der Waals surface area contributed by atoms with Crippen molar-refractivity contribution in [3.05, 3.63) is 12.2 Å². The van der Waals surface area contributed by atoms with Crippen molar-refractivity contribution in [1.29, 1.82) is 0 Å². The normalized spacial score (nSPS) is 23.9. The predicted molar refractivity (Wildman–Crippen MR) is 111 cm³/mol. The van der Waals surface area contributed by atoms with E-state index in [4.69, 9.17) is 9.47 Å². The quantitative estimate of drug-likeness (QED) is 0.508. The van der Waals surface area contributed by atoms with E-state index in [2.05, 4.69) is 11.9 Å². The van der Waals surface area contributed by atoms with Gasteiger partial charge in [0.25, 0.3) is 0 Å². The number of carbonyl (C=O) groups excluding carboxylic acids is 3. The van der Waals surface area contributed by atoms with Crippen molar-refractivity contribution in [1.82, 2.24) is 5.32 Å². The lowest BCUT2D eigenvalue weighted by atomic mass is 9.78. The first-order valence-electron chi connectivity index (χ1n) is 10.9. The molecule has 2 aliphatic rings. The molecule has 0 aliphatic heterocycles. The molecule has 0 atom stereocenters. The van der Waals surface area contributed by atoms with E-state index in [0.29, 0.717) is 18.6 Å². The summed E-state index contributed by atoms with van der Waals surface area (Å²) in [6.45, 7) is 11.6. The third-order valence-corrected chi connectivity index (χ3v) is 5.96. The summed E-state index contributed by atoms with van der Waals surface area (Å²) in [6, 6.07) is 0.0699. The van der Waals surface area contributed by atoms with E-state index in [-0.39, 0.29) is 23.8 Å². The molecular formula is C23H37NO5. The third-order valence-electron chi connectivity index (χ3n) is 5.96. The van der Waals surface area contributed by atoms with Gasteiger partial charge in [0, 0.05) is 11.6 Å². The fraction of sp³-hybridized carbons (Fsp3) is 0.783. The smallest absolute Gasteiger partial charge is 0.333 e. The topological polar surface area (TPSA) is 81.7 Å². The highest BCUT2D eigenvalue weighted by atomic mass is 16.6. The maximum absolute atomic E-state index is 13.2. The first-order valence-corrected chi connectivity index (χ1v) is 10.9. The van der Waals surface area contributed by atoms with Crippen molar-refractivity contribution < 1.29 is 23.9 Å². The highest BCUT2D eigenvalue weighted by molar-refractivity contribution is 5.91. The molecule has 0 radical (unpaired) electrons. The Hall–Kier alpha value is -1.85. The van der Waals surface area contributed by atoms with Crippen molar-refractivity contribution in [3.63, 3.8) is 0 Å². The number of rotatable bonds is 7. The first kappa shape index (κ1) is 23.4. The molecule has 29 heavy (non-hydrogen) atoms. The molecule has 0 spiro atoms. The number of ether oxygens (including phenoxy) is 2. The molecule has 0 heterocycles. The number of nitrogens with one attached hydrogen (secondary N) is 1. The Labute approximate surface area is 174 Å². The molecular weight excluding hydrogens is 370 g/mol. The van der Waals surface area contributed by atoms with Crippen molar-refractivity contribution in [2.75, 3.05) is 6.61 Å². The first-order chi connectivity index (χ1) is 13.6. The Morgan fingerprint density at radius 2 is 1.66 bits per heavy atom. The second-order valence-corrected chi connectivity index (χ2v) is 9.54. The Kier molecular flexibility index (Phi) is 7.89. The van der Waals surface area contributed by atoms with Crippen LogP contribution in [0.5, 0.6) is 0 Å². The summed E-state index contributed by atoms with van der Waals surface area (Å²) in [5.74, 6) is -0.598. The molecule has 6 nitrogen and oxygen atoms in total. The molecule has 0 aromatic rings. The zero-order valence-electron chi connectivity index (χ0n) is 18.5. The van der Waals surface area contributed by atoms with E-state index in [1.807, 2.05) is 27.7 Å². The lowest BCUT2D eigenvalue weighted by molar-refractivity contribution is -0.150. The minimum atomic E-state index is -0.581. The third kappa shape index (κ3) is 6.58. The van der Waals surface area contributed by atoms with Crippen molar-refractivity contribution >= 4 is 17.8 Å². The molecule has 0 saturated heterocycles. The Morgan fingerprint density at radius 1 is 1.07 bits per heavy atom. The van der Waals surface area contributed by atoms with Crippen LogP contribution in [-0.2, 0) is 23.9 Å². The van der Waals surface area contributed by atoms with Crippen LogP contribution in [-0.4, -0.2) is 36.1 Å². The standard InChI is InChI=1S/C23H37NO5/c1-6-28-20(26)17-9-11-18(12-10-17)24-21(27)23(13-7-8-14-23)15-16(2)19(25)29-22(3,4)5/h17-18H,2,6-15H2,1,3-5H3,(H,24,27). The van der Waals surface area contributed by atoms with Gasteiger partial charge in [0.15, 0.2) is 0 Å². The molecule has 164 valence electrons. The van der Waals surface area contributed by atoms with E-state index in [1.54, 1.807) is 0 Å². The molecule has 0 unspecified atom stereocenters. The van der Waals surface area contributed by atoms with E-state index in [1.165, 1.54) is 0 Å². The zero-order chi connectivity index (χ0) is 21.7. The summed E-state index contributed by atoms with van der Waals surface area (Å²) < 4.78 is 10.5. The summed E-state index contributed by atoms with van der Waals surface area (Å²) in [6.07, 6.45) is 6.85. The van der Waals surface area contributed by atoms with Gasteiger partial charge in [-0.2, -0.15) is 0 Å². The zero-order valence-corrected chi connectivity index (χ0v) is 18.5. The van der Waals surface area contributed by atoms with Crippen LogP contribution >= 0.6 is 0 Å². The highest BCUT2D eigenvalue weighted by Crippen LogP contribution is 2.44. The van der Waals surface area contributed by atoms with E-state index in [0.717, 1.165) is 51.4 Å². The van der Waals surface area contributed by atoms with Gasteiger partial charge in [-0.3, -0.25) is 9.59 Å². The maximum Gasteiger partial charge on any atom is 0.333 e. The van der Waals surface area contributed by atoms with Gasteiger partial charge in [-0.1, -0.05) is 19.4 Å². The summed E-state index contributed by atoms with van der Waals surface area (Å²) in [5, 5.41) is 3.20. The van der Waals surface area contributed by atoms with Gasteiger partial charge in [0.05, 0.1) is 17.9 Å². The second kappa shape index (κ2) is 9.77. The fourth-order valence-electron chi connectivity index (χ4n) is 4.44. The maximum atomic E-state index is 13.2. The van der Waals surface area contributed by atoms with Crippen LogP contribution in [0.4, 0.5) is 0 Å². The SMILES string of the molecule is C=C(CC1(C(=O)NC2CCC(C(=O)OCC)CC2)CCCC1)C(=O)OC(C)(C)C. The van der Waals surface area contributed by atoms with Gasteiger partial charge >= 0.3 is 11.9 Å². The van der Waals surface area contributed by atoms with Gasteiger partial charge in [-0.15, -0.1) is 0 Å². The number of carbonyl (C=O) groups is 3. The highest BCUT2D eigenvalue weighted by Gasteiger charge is 2.43. The summed E-state index contributed by atoms with van der Waals surface area (Å²) >= 11 is 0. The number of amides is 1. The van der Waals surface area contributed by atoms with Gasteiger partial charge < -0.3 is 14.8 Å². The average Bonchev–Trinajstić information content (AvgIpc) is 3.11. The largest absolute Gasteiger partial charge is 0.466 e. The molecule has 0 aromatic carbocycles. The van der Waals surface area contributed by atoms with E-state index < -0.39 is 17.0 Å². The molecule has 0 aromatic heterocycles. The van der Waals surface area contributed by atoms with Crippen molar-refractivity contribution in [3.8, 4) is 0 Å². The summed E-state index contributed by atoms with van der Waals surface area (Å²) in [5.41, 5.74) is -0.794.